The standard InChI is InChI=1S/C15H17NO/c1-11-5-3-6-12(2)14(11)9-15(17)13-7-4-8-16-10-13/h3-8,10,15,17H,9H2,1-2H3. The fourth-order valence-electron chi connectivity index (χ4n) is 2.06. The van der Waals surface area contributed by atoms with Crippen molar-refractivity contribution < 1.29 is 5.11 Å². The topological polar surface area (TPSA) is 33.1 Å². The van der Waals surface area contributed by atoms with Crippen molar-refractivity contribution in [2.75, 3.05) is 0 Å². The van der Waals surface area contributed by atoms with E-state index in [1.807, 2.05) is 18.2 Å². The number of hydrogen-bond acceptors (Lipinski definition) is 2. The van der Waals surface area contributed by atoms with E-state index in [1.54, 1.807) is 12.4 Å². The van der Waals surface area contributed by atoms with Crippen LogP contribution in [0.25, 0.3) is 0 Å². The molecule has 0 saturated heterocycles. The molecule has 0 aliphatic carbocycles. The summed E-state index contributed by atoms with van der Waals surface area (Å²) in [6.07, 6.45) is 3.60. The van der Waals surface area contributed by atoms with Crippen LogP contribution in [0.3, 0.4) is 0 Å². The highest BCUT2D eigenvalue weighted by Crippen LogP contribution is 2.22. The number of aryl methyl sites for hydroxylation is 2. The summed E-state index contributed by atoms with van der Waals surface area (Å²) < 4.78 is 0. The van der Waals surface area contributed by atoms with Gasteiger partial charge in [-0.25, -0.2) is 0 Å². The molecule has 2 aromatic rings. The van der Waals surface area contributed by atoms with Gasteiger partial charge in [0.1, 0.15) is 0 Å². The zero-order valence-corrected chi connectivity index (χ0v) is 10.2. The van der Waals surface area contributed by atoms with Gasteiger partial charge >= 0.3 is 0 Å². The van der Waals surface area contributed by atoms with Gasteiger partial charge in [0, 0.05) is 18.8 Å². The van der Waals surface area contributed by atoms with Crippen LogP contribution in [-0.4, -0.2) is 10.1 Å². The molecule has 0 bridgehead atoms. The molecule has 0 aliphatic rings. The third kappa shape index (κ3) is 2.71. The highest BCUT2D eigenvalue weighted by molar-refractivity contribution is 5.34. The van der Waals surface area contributed by atoms with Crippen molar-refractivity contribution in [3.05, 3.63) is 65.0 Å². The average molecular weight is 227 g/mol. The van der Waals surface area contributed by atoms with Gasteiger partial charge in [-0.15, -0.1) is 0 Å². The molecule has 0 spiro atoms. The smallest absolute Gasteiger partial charge is 0.0845 e. The second-order valence-corrected chi connectivity index (χ2v) is 4.38. The maximum absolute atomic E-state index is 10.2. The minimum absolute atomic E-state index is 0.483. The molecular formula is C15H17NO. The molecule has 17 heavy (non-hydrogen) atoms. The van der Waals surface area contributed by atoms with E-state index in [9.17, 15) is 5.11 Å². The second-order valence-electron chi connectivity index (χ2n) is 4.38. The van der Waals surface area contributed by atoms with Crippen molar-refractivity contribution >= 4 is 0 Å². The van der Waals surface area contributed by atoms with Gasteiger partial charge in [0.15, 0.2) is 0 Å². The Labute approximate surface area is 102 Å². The molecule has 2 rings (SSSR count). The number of pyridine rings is 1. The lowest BCUT2D eigenvalue weighted by molar-refractivity contribution is 0.177. The van der Waals surface area contributed by atoms with Crippen LogP contribution in [0.4, 0.5) is 0 Å². The summed E-state index contributed by atoms with van der Waals surface area (Å²) in [5.74, 6) is 0. The van der Waals surface area contributed by atoms with Crippen LogP contribution in [0.15, 0.2) is 42.7 Å². The summed E-state index contributed by atoms with van der Waals surface area (Å²) in [5.41, 5.74) is 4.56. The number of hydrogen-bond donors (Lipinski definition) is 1. The summed E-state index contributed by atoms with van der Waals surface area (Å²) in [4.78, 5) is 4.03. The zero-order chi connectivity index (χ0) is 12.3. The first kappa shape index (κ1) is 11.8. The van der Waals surface area contributed by atoms with Crippen LogP contribution in [-0.2, 0) is 6.42 Å². The molecule has 2 nitrogen and oxygen atoms in total. The third-order valence-corrected chi connectivity index (χ3v) is 3.11. The quantitative estimate of drug-likeness (QED) is 0.874. The fraction of sp³-hybridized carbons (Fsp3) is 0.267. The van der Waals surface area contributed by atoms with Gasteiger partial charge in [0.05, 0.1) is 6.10 Å². The Bertz CT molecular complexity index is 473. The lowest BCUT2D eigenvalue weighted by atomic mass is 9.95. The largest absolute Gasteiger partial charge is 0.388 e. The highest BCUT2D eigenvalue weighted by Gasteiger charge is 2.11. The Balaban J connectivity index is 2.22. The normalized spacial score (nSPS) is 12.4. The SMILES string of the molecule is Cc1cccc(C)c1CC(O)c1cccnc1. The summed E-state index contributed by atoms with van der Waals surface area (Å²) in [6.45, 7) is 4.16. The van der Waals surface area contributed by atoms with Gasteiger partial charge in [-0.2, -0.15) is 0 Å². The van der Waals surface area contributed by atoms with Gasteiger partial charge in [0.25, 0.3) is 0 Å². The molecular weight excluding hydrogens is 210 g/mol. The molecule has 88 valence electrons. The predicted octanol–water partition coefficient (Wildman–Crippen LogP) is 2.97. The van der Waals surface area contributed by atoms with Crippen LogP contribution >= 0.6 is 0 Å². The van der Waals surface area contributed by atoms with Gasteiger partial charge in [-0.05, 0) is 42.2 Å². The fourth-order valence-corrected chi connectivity index (χ4v) is 2.06. The maximum atomic E-state index is 10.2. The second kappa shape index (κ2) is 5.11. The third-order valence-electron chi connectivity index (χ3n) is 3.11. The monoisotopic (exact) mass is 227 g/mol. The Morgan fingerprint density at radius 2 is 1.82 bits per heavy atom. The van der Waals surface area contributed by atoms with E-state index in [4.69, 9.17) is 0 Å². The number of rotatable bonds is 3. The molecule has 2 heteroatoms. The minimum Gasteiger partial charge on any atom is -0.388 e. The van der Waals surface area contributed by atoms with Crippen molar-refractivity contribution in [3.8, 4) is 0 Å². The summed E-state index contributed by atoms with van der Waals surface area (Å²) in [7, 11) is 0. The molecule has 0 amide bonds. The Hall–Kier alpha value is -1.67. The first-order chi connectivity index (χ1) is 8.18. The molecule has 0 fully saturated rings. The molecule has 0 radical (unpaired) electrons. The Morgan fingerprint density at radius 1 is 1.12 bits per heavy atom. The van der Waals surface area contributed by atoms with Crippen LogP contribution in [0.2, 0.25) is 0 Å². The number of benzene rings is 1. The lowest BCUT2D eigenvalue weighted by Crippen LogP contribution is -2.05. The van der Waals surface area contributed by atoms with E-state index in [-0.39, 0.29) is 0 Å². The van der Waals surface area contributed by atoms with Crippen molar-refractivity contribution in [1.29, 1.82) is 0 Å². The molecule has 1 atom stereocenters. The van der Waals surface area contributed by atoms with Crippen LogP contribution in [0, 0.1) is 13.8 Å². The molecule has 0 saturated carbocycles. The van der Waals surface area contributed by atoms with Gasteiger partial charge in [-0.3, -0.25) is 4.98 Å². The van der Waals surface area contributed by atoms with Gasteiger partial charge < -0.3 is 5.11 Å². The average Bonchev–Trinajstić information content (AvgIpc) is 2.35. The van der Waals surface area contributed by atoms with Crippen LogP contribution in [0.1, 0.15) is 28.4 Å². The molecule has 1 heterocycles. The van der Waals surface area contributed by atoms with Crippen molar-refractivity contribution in [2.24, 2.45) is 0 Å². The van der Waals surface area contributed by atoms with Crippen LogP contribution in [0.5, 0.6) is 0 Å². The van der Waals surface area contributed by atoms with E-state index in [0.29, 0.717) is 6.42 Å². The van der Waals surface area contributed by atoms with E-state index in [1.165, 1.54) is 16.7 Å². The van der Waals surface area contributed by atoms with E-state index >= 15 is 0 Å². The van der Waals surface area contributed by atoms with Gasteiger partial charge in [-0.1, -0.05) is 24.3 Å². The van der Waals surface area contributed by atoms with Crippen molar-refractivity contribution in [1.82, 2.24) is 4.98 Å². The van der Waals surface area contributed by atoms with E-state index in [0.717, 1.165) is 5.56 Å². The molecule has 1 unspecified atom stereocenters. The van der Waals surface area contributed by atoms with Crippen molar-refractivity contribution in [2.45, 2.75) is 26.4 Å². The zero-order valence-electron chi connectivity index (χ0n) is 10.2. The molecule has 1 N–H and O–H groups in total. The van der Waals surface area contributed by atoms with E-state index < -0.39 is 6.10 Å². The number of aromatic nitrogens is 1. The molecule has 1 aromatic carbocycles. The summed E-state index contributed by atoms with van der Waals surface area (Å²) in [5, 5.41) is 10.2. The first-order valence-electron chi connectivity index (χ1n) is 5.81. The minimum atomic E-state index is -0.483. The number of aliphatic hydroxyl groups excluding tert-OH is 1. The highest BCUT2D eigenvalue weighted by atomic mass is 16.3. The maximum Gasteiger partial charge on any atom is 0.0845 e. The Morgan fingerprint density at radius 3 is 2.41 bits per heavy atom. The predicted molar refractivity (Wildman–Crippen MR) is 68.8 cm³/mol. The van der Waals surface area contributed by atoms with Gasteiger partial charge in [0.2, 0.25) is 0 Å². The lowest BCUT2D eigenvalue weighted by Gasteiger charge is -2.14. The molecule has 1 aromatic heterocycles. The summed E-state index contributed by atoms with van der Waals surface area (Å²) >= 11 is 0. The number of nitrogens with zero attached hydrogens (tertiary/aromatic N) is 1. The van der Waals surface area contributed by atoms with E-state index in [2.05, 4.69) is 31.0 Å². The number of aliphatic hydroxyl groups is 1. The molecule has 0 aliphatic heterocycles. The first-order valence-corrected chi connectivity index (χ1v) is 5.81. The Kier molecular flexibility index (Phi) is 3.55. The van der Waals surface area contributed by atoms with Crippen molar-refractivity contribution in [3.63, 3.8) is 0 Å². The van der Waals surface area contributed by atoms with Crippen LogP contribution < -0.4 is 0 Å². The summed E-state index contributed by atoms with van der Waals surface area (Å²) in [6, 6.07) is 9.97.